The van der Waals surface area contributed by atoms with Crippen molar-refractivity contribution in [3.8, 4) is 16.9 Å². The second kappa shape index (κ2) is 7.07. The number of aliphatic hydroxyl groups excluding tert-OH is 1. The summed E-state index contributed by atoms with van der Waals surface area (Å²) >= 11 is 0. The van der Waals surface area contributed by atoms with E-state index in [1.54, 1.807) is 35.2 Å². The third-order valence-electron chi connectivity index (χ3n) is 4.50. The summed E-state index contributed by atoms with van der Waals surface area (Å²) in [6.45, 7) is 2.41. The maximum atomic E-state index is 12.7. The summed E-state index contributed by atoms with van der Waals surface area (Å²) in [5, 5.41) is 19.6. The number of nitrogens with zero attached hydrogens (tertiary/aromatic N) is 1. The molecule has 1 amide bonds. The van der Waals surface area contributed by atoms with Crippen LogP contribution in [0.3, 0.4) is 0 Å². The Bertz CT molecular complexity index is 815. The average Bonchev–Trinajstić information content (AvgIpc) is 2.61. The Hall–Kier alpha value is -2.66. The molecular weight excluding hydrogens is 318 g/mol. The van der Waals surface area contributed by atoms with E-state index in [0.717, 1.165) is 24.0 Å². The Morgan fingerprint density at radius 3 is 2.60 bits per heavy atom. The molecule has 3 rings (SSSR count). The van der Waals surface area contributed by atoms with E-state index in [9.17, 15) is 19.8 Å². The van der Waals surface area contributed by atoms with Gasteiger partial charge < -0.3 is 15.1 Å². The highest BCUT2D eigenvalue weighted by Crippen LogP contribution is 2.27. The SMILES string of the molecule is CC(=O)c1cc(-c2cccc(C(=O)N3CCCC(O)C3)c2)ccc1O. The number of hydrogen-bond donors (Lipinski definition) is 2. The molecule has 1 saturated heterocycles. The first-order valence-corrected chi connectivity index (χ1v) is 8.37. The van der Waals surface area contributed by atoms with Gasteiger partial charge in [-0.2, -0.15) is 0 Å². The summed E-state index contributed by atoms with van der Waals surface area (Å²) in [7, 11) is 0. The zero-order valence-electron chi connectivity index (χ0n) is 14.1. The number of carbonyl (C=O) groups excluding carboxylic acids is 2. The lowest BCUT2D eigenvalue weighted by atomic mass is 9.98. The smallest absolute Gasteiger partial charge is 0.253 e. The molecule has 1 aliphatic rings. The van der Waals surface area contributed by atoms with Crippen molar-refractivity contribution in [1.82, 2.24) is 4.90 Å². The van der Waals surface area contributed by atoms with Crippen molar-refractivity contribution in [3.63, 3.8) is 0 Å². The van der Waals surface area contributed by atoms with Gasteiger partial charge in [-0.1, -0.05) is 18.2 Å². The molecule has 0 radical (unpaired) electrons. The number of amides is 1. The third kappa shape index (κ3) is 3.72. The first-order valence-electron chi connectivity index (χ1n) is 8.37. The van der Waals surface area contributed by atoms with Gasteiger partial charge in [0.25, 0.3) is 5.91 Å². The van der Waals surface area contributed by atoms with Gasteiger partial charge in [0, 0.05) is 18.7 Å². The first-order chi connectivity index (χ1) is 12.0. The number of carbonyl (C=O) groups is 2. The Kier molecular flexibility index (Phi) is 4.86. The van der Waals surface area contributed by atoms with Crippen molar-refractivity contribution in [2.75, 3.05) is 13.1 Å². The van der Waals surface area contributed by atoms with Gasteiger partial charge >= 0.3 is 0 Å². The number of aromatic hydroxyl groups is 1. The molecule has 0 spiro atoms. The lowest BCUT2D eigenvalue weighted by Crippen LogP contribution is -2.42. The van der Waals surface area contributed by atoms with Gasteiger partial charge in [-0.15, -0.1) is 0 Å². The van der Waals surface area contributed by atoms with E-state index in [-0.39, 0.29) is 23.0 Å². The van der Waals surface area contributed by atoms with E-state index in [1.807, 2.05) is 6.07 Å². The molecule has 0 aromatic heterocycles. The number of phenols is 1. The van der Waals surface area contributed by atoms with E-state index >= 15 is 0 Å². The molecule has 0 aliphatic carbocycles. The number of β-amino-alcohol motifs (C(OH)–C–C–N with tert-alkyl or cyclic N) is 1. The Morgan fingerprint density at radius 1 is 1.12 bits per heavy atom. The molecule has 1 fully saturated rings. The summed E-state index contributed by atoms with van der Waals surface area (Å²) in [5.74, 6) is -0.370. The molecule has 25 heavy (non-hydrogen) atoms. The summed E-state index contributed by atoms with van der Waals surface area (Å²) in [4.78, 5) is 26.0. The van der Waals surface area contributed by atoms with E-state index in [0.29, 0.717) is 18.7 Å². The maximum absolute atomic E-state index is 12.7. The second-order valence-electron chi connectivity index (χ2n) is 6.42. The van der Waals surface area contributed by atoms with Crippen molar-refractivity contribution in [1.29, 1.82) is 0 Å². The topological polar surface area (TPSA) is 77.8 Å². The highest BCUT2D eigenvalue weighted by molar-refractivity contribution is 5.98. The number of hydrogen-bond acceptors (Lipinski definition) is 4. The lowest BCUT2D eigenvalue weighted by Gasteiger charge is -2.30. The molecular formula is C20H21NO4. The summed E-state index contributed by atoms with van der Waals surface area (Å²) < 4.78 is 0. The van der Waals surface area contributed by atoms with Crippen LogP contribution in [0.2, 0.25) is 0 Å². The van der Waals surface area contributed by atoms with Gasteiger partial charge in [0.15, 0.2) is 5.78 Å². The molecule has 130 valence electrons. The van der Waals surface area contributed by atoms with Crippen LogP contribution in [0.4, 0.5) is 0 Å². The fourth-order valence-corrected chi connectivity index (χ4v) is 3.15. The van der Waals surface area contributed by atoms with Crippen molar-refractivity contribution < 1.29 is 19.8 Å². The predicted octanol–water partition coefficient (Wildman–Crippen LogP) is 2.86. The highest BCUT2D eigenvalue weighted by atomic mass is 16.3. The first kappa shape index (κ1) is 17.2. The standard InChI is InChI=1S/C20H21NO4/c1-13(22)18-11-15(7-8-19(18)24)14-4-2-5-16(10-14)20(25)21-9-3-6-17(23)12-21/h2,4-5,7-8,10-11,17,23-24H,3,6,9,12H2,1H3. The average molecular weight is 339 g/mol. The second-order valence-corrected chi connectivity index (χ2v) is 6.42. The summed E-state index contributed by atoms with van der Waals surface area (Å²) in [6, 6.07) is 12.0. The number of likely N-dealkylation sites (tertiary alicyclic amines) is 1. The highest BCUT2D eigenvalue weighted by Gasteiger charge is 2.23. The third-order valence-corrected chi connectivity index (χ3v) is 4.50. The predicted molar refractivity (Wildman–Crippen MR) is 94.7 cm³/mol. The molecule has 1 aliphatic heterocycles. The zero-order chi connectivity index (χ0) is 18.0. The number of aliphatic hydroxyl groups is 1. The Balaban J connectivity index is 1.90. The number of phenolic OH excluding ortho intramolecular Hbond substituents is 1. The largest absolute Gasteiger partial charge is 0.507 e. The van der Waals surface area contributed by atoms with Crippen molar-refractivity contribution in [2.24, 2.45) is 0 Å². The van der Waals surface area contributed by atoms with Gasteiger partial charge in [0.2, 0.25) is 0 Å². The number of benzene rings is 2. The van der Waals surface area contributed by atoms with Crippen LogP contribution >= 0.6 is 0 Å². The quantitative estimate of drug-likeness (QED) is 0.843. The van der Waals surface area contributed by atoms with E-state index in [4.69, 9.17) is 0 Å². The van der Waals surface area contributed by atoms with Crippen LogP contribution in [0.1, 0.15) is 40.5 Å². The van der Waals surface area contributed by atoms with E-state index in [2.05, 4.69) is 0 Å². The number of ketones is 1. The minimum absolute atomic E-state index is 0.0502. The van der Waals surface area contributed by atoms with Crippen LogP contribution < -0.4 is 0 Å². The Morgan fingerprint density at radius 2 is 1.88 bits per heavy atom. The summed E-state index contributed by atoms with van der Waals surface area (Å²) in [5.41, 5.74) is 2.36. The van der Waals surface area contributed by atoms with Crippen LogP contribution in [0.25, 0.3) is 11.1 Å². The zero-order valence-corrected chi connectivity index (χ0v) is 14.1. The fourth-order valence-electron chi connectivity index (χ4n) is 3.15. The summed E-state index contributed by atoms with van der Waals surface area (Å²) in [6.07, 6.45) is 1.06. The van der Waals surface area contributed by atoms with Gasteiger partial charge in [-0.05, 0) is 55.2 Å². The van der Waals surface area contributed by atoms with Gasteiger partial charge in [0.1, 0.15) is 5.75 Å². The minimum Gasteiger partial charge on any atom is -0.507 e. The van der Waals surface area contributed by atoms with Crippen molar-refractivity contribution in [3.05, 3.63) is 53.6 Å². The maximum Gasteiger partial charge on any atom is 0.253 e. The van der Waals surface area contributed by atoms with Gasteiger partial charge in [-0.3, -0.25) is 9.59 Å². The molecule has 5 nitrogen and oxygen atoms in total. The molecule has 0 saturated carbocycles. The van der Waals surface area contributed by atoms with Crippen LogP contribution in [-0.4, -0.2) is 46.0 Å². The monoisotopic (exact) mass is 339 g/mol. The number of piperidine rings is 1. The molecule has 1 unspecified atom stereocenters. The molecule has 2 N–H and O–H groups in total. The molecule has 1 heterocycles. The van der Waals surface area contributed by atoms with Crippen molar-refractivity contribution in [2.45, 2.75) is 25.9 Å². The van der Waals surface area contributed by atoms with Gasteiger partial charge in [-0.25, -0.2) is 0 Å². The lowest BCUT2D eigenvalue weighted by molar-refractivity contribution is 0.0474. The molecule has 2 aromatic rings. The van der Waals surface area contributed by atoms with E-state index < -0.39 is 6.10 Å². The van der Waals surface area contributed by atoms with Crippen molar-refractivity contribution >= 4 is 11.7 Å². The normalized spacial score (nSPS) is 17.4. The Labute approximate surface area is 146 Å². The molecule has 5 heteroatoms. The fraction of sp³-hybridized carbons (Fsp3) is 0.300. The molecule has 1 atom stereocenters. The van der Waals surface area contributed by atoms with Crippen LogP contribution in [0.15, 0.2) is 42.5 Å². The van der Waals surface area contributed by atoms with Crippen LogP contribution in [0.5, 0.6) is 5.75 Å². The van der Waals surface area contributed by atoms with Gasteiger partial charge in [0.05, 0.1) is 11.7 Å². The van der Waals surface area contributed by atoms with Crippen LogP contribution in [0, 0.1) is 0 Å². The van der Waals surface area contributed by atoms with Crippen LogP contribution in [-0.2, 0) is 0 Å². The number of Topliss-reactive ketones (excluding diaryl/α,β-unsaturated/α-hetero) is 1. The van der Waals surface area contributed by atoms with E-state index in [1.165, 1.54) is 13.0 Å². The minimum atomic E-state index is -0.462. The molecule has 0 bridgehead atoms. The molecule has 2 aromatic carbocycles. The number of rotatable bonds is 3.